The molecule has 2 fully saturated rings. The average molecular weight is 265 g/mol. The summed E-state index contributed by atoms with van der Waals surface area (Å²) in [4.78, 5) is 16.8. The van der Waals surface area contributed by atoms with E-state index in [1.807, 2.05) is 4.90 Å². The minimum atomic E-state index is -0.443. The second-order valence-corrected chi connectivity index (χ2v) is 4.83. The molecule has 1 aromatic heterocycles. The molecule has 0 spiro atoms. The summed E-state index contributed by atoms with van der Waals surface area (Å²) >= 11 is 0. The molecule has 0 saturated carbocycles. The van der Waals surface area contributed by atoms with Gasteiger partial charge in [-0.15, -0.1) is 0 Å². The highest BCUT2D eigenvalue weighted by molar-refractivity contribution is 5.55. The van der Waals surface area contributed by atoms with Crippen LogP contribution in [0.4, 0.5) is 17.3 Å². The number of nitro groups is 1. The quantitative estimate of drug-likeness (QED) is 0.469. The molecule has 3 rings (SSSR count). The minimum absolute atomic E-state index is 0.0169. The molecule has 1 aromatic rings. The van der Waals surface area contributed by atoms with Crippen molar-refractivity contribution in [1.82, 2.24) is 4.98 Å². The molecule has 2 atom stereocenters. The summed E-state index contributed by atoms with van der Waals surface area (Å²) in [5.41, 5.74) is 2.35. The second kappa shape index (κ2) is 4.63. The maximum Gasteiger partial charge on any atom is 0.276 e. The third-order valence-electron chi connectivity index (χ3n) is 3.52. The van der Waals surface area contributed by atoms with E-state index in [0.717, 1.165) is 12.8 Å². The van der Waals surface area contributed by atoms with Crippen LogP contribution in [0.25, 0.3) is 0 Å². The molecule has 3 heterocycles. The first-order valence-electron chi connectivity index (χ1n) is 6.19. The van der Waals surface area contributed by atoms with Crippen molar-refractivity contribution in [3.8, 4) is 0 Å². The van der Waals surface area contributed by atoms with E-state index in [4.69, 9.17) is 10.6 Å². The first-order chi connectivity index (χ1) is 9.15. The van der Waals surface area contributed by atoms with Crippen molar-refractivity contribution in [2.24, 2.45) is 5.84 Å². The largest absolute Gasteiger partial charge is 0.371 e. The summed E-state index contributed by atoms with van der Waals surface area (Å²) in [5, 5.41) is 10.9. The van der Waals surface area contributed by atoms with Crippen LogP contribution in [-0.2, 0) is 4.74 Å². The third kappa shape index (κ3) is 2.32. The van der Waals surface area contributed by atoms with Gasteiger partial charge in [0.2, 0.25) is 0 Å². The van der Waals surface area contributed by atoms with Crippen LogP contribution in [0, 0.1) is 10.1 Å². The lowest BCUT2D eigenvalue weighted by Crippen LogP contribution is -2.43. The first kappa shape index (κ1) is 12.1. The van der Waals surface area contributed by atoms with Crippen LogP contribution in [0.3, 0.4) is 0 Å². The average Bonchev–Trinajstić information content (AvgIpc) is 2.76. The number of aromatic nitrogens is 1. The molecular formula is C11H15N5O3. The maximum absolute atomic E-state index is 10.9. The van der Waals surface area contributed by atoms with E-state index in [9.17, 15) is 10.1 Å². The fourth-order valence-corrected chi connectivity index (χ4v) is 2.65. The highest BCUT2D eigenvalue weighted by Crippen LogP contribution is 2.31. The Morgan fingerprint density at radius 1 is 1.42 bits per heavy atom. The Kier molecular flexibility index (Phi) is 2.96. The summed E-state index contributed by atoms with van der Waals surface area (Å²) in [6.07, 6.45) is 2.49. The highest BCUT2D eigenvalue weighted by atomic mass is 16.6. The van der Waals surface area contributed by atoms with Crippen LogP contribution in [0.5, 0.6) is 0 Å². The van der Waals surface area contributed by atoms with Crippen LogP contribution in [-0.4, -0.2) is 35.2 Å². The van der Waals surface area contributed by atoms with Gasteiger partial charge in [-0.1, -0.05) is 0 Å². The molecular weight excluding hydrogens is 250 g/mol. The van der Waals surface area contributed by atoms with Crippen LogP contribution in [0.2, 0.25) is 0 Å². The number of anilines is 2. The number of ether oxygens (including phenoxy) is 1. The minimum Gasteiger partial charge on any atom is -0.371 e. The zero-order chi connectivity index (χ0) is 13.4. The topological polar surface area (TPSA) is 107 Å². The lowest BCUT2D eigenvalue weighted by molar-refractivity contribution is -0.384. The molecule has 8 heteroatoms. The van der Waals surface area contributed by atoms with Crippen LogP contribution >= 0.6 is 0 Å². The zero-order valence-corrected chi connectivity index (χ0v) is 10.3. The van der Waals surface area contributed by atoms with E-state index >= 15 is 0 Å². The normalized spacial score (nSPS) is 25.4. The van der Waals surface area contributed by atoms with Crippen LogP contribution in [0.15, 0.2) is 12.1 Å². The van der Waals surface area contributed by atoms with E-state index in [0.29, 0.717) is 24.7 Å². The van der Waals surface area contributed by atoms with Gasteiger partial charge in [-0.25, -0.2) is 10.8 Å². The number of nitrogens with two attached hydrogens (primary N) is 1. The van der Waals surface area contributed by atoms with Gasteiger partial charge in [0.05, 0.1) is 29.3 Å². The van der Waals surface area contributed by atoms with Gasteiger partial charge in [0.15, 0.2) is 0 Å². The molecule has 2 unspecified atom stereocenters. The summed E-state index contributed by atoms with van der Waals surface area (Å²) < 4.78 is 5.74. The summed E-state index contributed by atoms with van der Waals surface area (Å²) in [6.45, 7) is 1.43. The number of morpholine rings is 1. The molecule has 0 amide bonds. The van der Waals surface area contributed by atoms with Gasteiger partial charge in [0.1, 0.15) is 11.6 Å². The number of pyridine rings is 1. The standard InChI is InChI=1S/C11H15N5O3/c12-14-10-3-7(16(17)18)4-11(13-10)15-5-8-1-2-9(6-15)19-8/h3-4,8-9H,1-2,5-6,12H2,(H,13,14). The van der Waals surface area contributed by atoms with E-state index in [1.54, 1.807) is 0 Å². The van der Waals surface area contributed by atoms with E-state index in [-0.39, 0.29) is 17.9 Å². The second-order valence-electron chi connectivity index (χ2n) is 4.83. The van der Waals surface area contributed by atoms with Gasteiger partial charge in [-0.05, 0) is 12.8 Å². The lowest BCUT2D eigenvalue weighted by atomic mass is 10.2. The van der Waals surface area contributed by atoms with Crippen molar-refractivity contribution in [3.05, 3.63) is 22.2 Å². The SMILES string of the molecule is NNc1cc([N+](=O)[O-])cc(N2CC3CCC(C2)O3)n1. The molecule has 2 saturated heterocycles. The third-order valence-corrected chi connectivity index (χ3v) is 3.52. The predicted molar refractivity (Wildman–Crippen MR) is 68.8 cm³/mol. The van der Waals surface area contributed by atoms with Crippen molar-refractivity contribution in [2.75, 3.05) is 23.4 Å². The molecule has 3 N–H and O–H groups in total. The van der Waals surface area contributed by atoms with Crippen molar-refractivity contribution in [1.29, 1.82) is 0 Å². The molecule has 2 aliphatic rings. The summed E-state index contributed by atoms with van der Waals surface area (Å²) in [7, 11) is 0. The number of hydrogen-bond donors (Lipinski definition) is 2. The van der Waals surface area contributed by atoms with E-state index in [1.165, 1.54) is 12.1 Å². The van der Waals surface area contributed by atoms with E-state index in [2.05, 4.69) is 10.4 Å². The first-order valence-corrected chi connectivity index (χ1v) is 6.19. The summed E-state index contributed by atoms with van der Waals surface area (Å²) in [5.74, 6) is 6.17. The number of hydrogen-bond acceptors (Lipinski definition) is 7. The zero-order valence-electron chi connectivity index (χ0n) is 10.3. The Morgan fingerprint density at radius 2 is 2.11 bits per heavy atom. The lowest BCUT2D eigenvalue weighted by Gasteiger charge is -2.32. The Labute approximate surface area is 109 Å². The van der Waals surface area contributed by atoms with Crippen LogP contribution in [0.1, 0.15) is 12.8 Å². The fourth-order valence-electron chi connectivity index (χ4n) is 2.65. The number of nitrogens with zero attached hydrogens (tertiary/aromatic N) is 3. The Bertz CT molecular complexity index is 497. The fraction of sp³-hybridized carbons (Fsp3) is 0.545. The number of rotatable bonds is 3. The Morgan fingerprint density at radius 3 is 2.68 bits per heavy atom. The van der Waals surface area contributed by atoms with Gasteiger partial charge < -0.3 is 15.1 Å². The Balaban J connectivity index is 1.91. The molecule has 0 aromatic carbocycles. The number of hydrazine groups is 1. The molecule has 8 nitrogen and oxygen atoms in total. The number of nitrogens with one attached hydrogen (secondary N) is 1. The molecule has 19 heavy (non-hydrogen) atoms. The summed E-state index contributed by atoms with van der Waals surface area (Å²) in [6, 6.07) is 2.80. The van der Waals surface area contributed by atoms with Crippen LogP contribution < -0.4 is 16.2 Å². The molecule has 0 aliphatic carbocycles. The number of nitrogen functional groups attached to an aromatic ring is 1. The molecule has 102 valence electrons. The predicted octanol–water partition coefficient (Wildman–Crippen LogP) is 0.643. The Hall–Kier alpha value is -1.93. The smallest absolute Gasteiger partial charge is 0.276 e. The van der Waals surface area contributed by atoms with Gasteiger partial charge in [-0.3, -0.25) is 10.1 Å². The highest BCUT2D eigenvalue weighted by Gasteiger charge is 2.34. The van der Waals surface area contributed by atoms with Crippen molar-refractivity contribution < 1.29 is 9.66 Å². The van der Waals surface area contributed by atoms with Crippen molar-refractivity contribution in [3.63, 3.8) is 0 Å². The molecule has 0 radical (unpaired) electrons. The number of fused-ring (bicyclic) bond motifs is 2. The molecule has 2 bridgehead atoms. The van der Waals surface area contributed by atoms with E-state index < -0.39 is 4.92 Å². The molecule has 2 aliphatic heterocycles. The van der Waals surface area contributed by atoms with Gasteiger partial charge >= 0.3 is 0 Å². The van der Waals surface area contributed by atoms with Gasteiger partial charge in [0.25, 0.3) is 5.69 Å². The van der Waals surface area contributed by atoms with Gasteiger partial charge in [0, 0.05) is 13.1 Å². The van der Waals surface area contributed by atoms with Crippen molar-refractivity contribution >= 4 is 17.3 Å². The monoisotopic (exact) mass is 265 g/mol. The van der Waals surface area contributed by atoms with Crippen molar-refractivity contribution in [2.45, 2.75) is 25.0 Å². The van der Waals surface area contributed by atoms with Gasteiger partial charge in [-0.2, -0.15) is 0 Å². The maximum atomic E-state index is 10.9.